The van der Waals surface area contributed by atoms with E-state index in [1.807, 2.05) is 30.3 Å². The molecule has 1 aliphatic rings. The highest BCUT2D eigenvalue weighted by Gasteiger charge is 2.27. The molecule has 1 aliphatic heterocycles. The average molecular weight is 363 g/mol. The molecule has 0 aromatic heterocycles. The fourth-order valence-corrected chi connectivity index (χ4v) is 3.55. The van der Waals surface area contributed by atoms with E-state index in [2.05, 4.69) is 23.6 Å². The predicted octanol–water partition coefficient (Wildman–Crippen LogP) is 2.30. The first kappa shape index (κ1) is 19.2. The smallest absolute Gasteiger partial charge is 0.344 e. The predicted molar refractivity (Wildman–Crippen MR) is 99.4 cm³/mol. The molecule has 6 nitrogen and oxygen atoms in total. The lowest BCUT2D eigenvalue weighted by Gasteiger charge is -2.23. The van der Waals surface area contributed by atoms with Crippen molar-refractivity contribution in [2.45, 2.75) is 33.6 Å². The summed E-state index contributed by atoms with van der Waals surface area (Å²) in [5.41, 5.74) is 1.55. The van der Waals surface area contributed by atoms with Gasteiger partial charge in [-0.15, -0.1) is 4.40 Å². The Morgan fingerprint density at radius 3 is 2.56 bits per heavy atom. The summed E-state index contributed by atoms with van der Waals surface area (Å²) in [6.45, 7) is 6.50. The molecule has 0 unspecified atom stereocenters. The number of carbonyl (C=O) groups excluding carboxylic acids is 1. The number of nitrogens with one attached hydrogen (secondary N) is 1. The van der Waals surface area contributed by atoms with Crippen molar-refractivity contribution in [3.63, 3.8) is 0 Å². The molecule has 0 saturated heterocycles. The second-order valence-electron chi connectivity index (χ2n) is 6.48. The van der Waals surface area contributed by atoms with E-state index in [4.69, 9.17) is 0 Å². The van der Waals surface area contributed by atoms with E-state index in [-0.39, 0.29) is 18.2 Å². The van der Waals surface area contributed by atoms with Crippen LogP contribution >= 0.6 is 0 Å². The highest BCUT2D eigenvalue weighted by Crippen LogP contribution is 2.17. The minimum atomic E-state index is -3.78. The Morgan fingerprint density at radius 2 is 1.92 bits per heavy atom. The molecule has 136 valence electrons. The van der Waals surface area contributed by atoms with E-state index < -0.39 is 10.2 Å². The zero-order valence-electron chi connectivity index (χ0n) is 14.9. The molecule has 2 rings (SSSR count). The van der Waals surface area contributed by atoms with Crippen molar-refractivity contribution in [3.05, 3.63) is 47.7 Å². The Bertz CT molecular complexity index is 768. The molecule has 1 aromatic rings. The van der Waals surface area contributed by atoms with Gasteiger partial charge in [0.15, 0.2) is 0 Å². The maximum Gasteiger partial charge on any atom is 0.344 e. The lowest BCUT2D eigenvalue weighted by atomic mass is 10.1. The minimum Gasteiger partial charge on any atom is -0.352 e. The molecule has 0 aliphatic carbocycles. The van der Waals surface area contributed by atoms with Crippen molar-refractivity contribution in [1.29, 1.82) is 0 Å². The van der Waals surface area contributed by atoms with Gasteiger partial charge in [-0.2, -0.15) is 8.42 Å². The highest BCUT2D eigenvalue weighted by atomic mass is 32.2. The van der Waals surface area contributed by atoms with Crippen LogP contribution in [0.25, 0.3) is 0 Å². The summed E-state index contributed by atoms with van der Waals surface area (Å²) in [7, 11) is -3.78. The van der Waals surface area contributed by atoms with Crippen molar-refractivity contribution < 1.29 is 13.2 Å². The van der Waals surface area contributed by atoms with Gasteiger partial charge in [0.05, 0.1) is 11.3 Å². The molecule has 1 heterocycles. The summed E-state index contributed by atoms with van der Waals surface area (Å²) >= 11 is 0. The molecular formula is C18H25N3O3S. The molecule has 1 aromatic carbocycles. The molecule has 0 spiro atoms. The van der Waals surface area contributed by atoms with Crippen LogP contribution < -0.4 is 5.32 Å². The fraction of sp³-hybridized carbons (Fsp3) is 0.444. The molecule has 7 heteroatoms. The monoisotopic (exact) mass is 363 g/mol. The van der Waals surface area contributed by atoms with Gasteiger partial charge in [0.25, 0.3) is 5.91 Å². The first-order valence-electron chi connectivity index (χ1n) is 8.42. The number of amides is 1. The van der Waals surface area contributed by atoms with Crippen LogP contribution in [0.15, 0.2) is 46.5 Å². The van der Waals surface area contributed by atoms with Crippen LogP contribution in [0.2, 0.25) is 0 Å². The molecule has 0 radical (unpaired) electrons. The van der Waals surface area contributed by atoms with Gasteiger partial charge in [-0.25, -0.2) is 0 Å². The third-order valence-electron chi connectivity index (χ3n) is 3.93. The third kappa shape index (κ3) is 5.42. The first-order chi connectivity index (χ1) is 11.8. The molecule has 0 saturated carbocycles. The van der Waals surface area contributed by atoms with Crippen LogP contribution in [-0.4, -0.2) is 37.4 Å². The first-order valence-corrected chi connectivity index (χ1v) is 9.82. The van der Waals surface area contributed by atoms with Crippen molar-refractivity contribution in [3.8, 4) is 0 Å². The zero-order chi connectivity index (χ0) is 18.4. The highest BCUT2D eigenvalue weighted by molar-refractivity contribution is 7.88. The van der Waals surface area contributed by atoms with Crippen LogP contribution in [0.4, 0.5) is 0 Å². The summed E-state index contributed by atoms with van der Waals surface area (Å²) in [6.07, 6.45) is 2.81. The molecule has 1 N–H and O–H groups in total. The number of carbonyl (C=O) groups is 1. The van der Waals surface area contributed by atoms with Gasteiger partial charge in [0, 0.05) is 19.3 Å². The maximum absolute atomic E-state index is 12.3. The number of hydrogen-bond donors (Lipinski definition) is 1. The maximum atomic E-state index is 12.3. The van der Waals surface area contributed by atoms with Gasteiger partial charge in [-0.05, 0) is 31.2 Å². The van der Waals surface area contributed by atoms with Crippen molar-refractivity contribution >= 4 is 21.8 Å². The summed E-state index contributed by atoms with van der Waals surface area (Å²) in [6, 6.07) is 9.61. The number of hydrogen-bond acceptors (Lipinski definition) is 3. The van der Waals surface area contributed by atoms with Crippen LogP contribution in [-0.2, 0) is 21.4 Å². The Kier molecular flexibility index (Phi) is 6.36. The molecule has 0 atom stereocenters. The van der Waals surface area contributed by atoms with Gasteiger partial charge in [0.1, 0.15) is 0 Å². The van der Waals surface area contributed by atoms with Gasteiger partial charge in [0.2, 0.25) is 0 Å². The van der Waals surface area contributed by atoms with Gasteiger partial charge < -0.3 is 5.32 Å². The Hall–Kier alpha value is -2.15. The average Bonchev–Trinajstić information content (AvgIpc) is 2.53. The molecule has 25 heavy (non-hydrogen) atoms. The largest absolute Gasteiger partial charge is 0.352 e. The van der Waals surface area contributed by atoms with Crippen LogP contribution in [0.3, 0.4) is 0 Å². The standard InChI is InChI=1S/C18H25N3O3S/c1-14(2)9-11-19-18(22)17-13-21(25(23,24)20-15(17)3)12-10-16-7-5-4-6-8-16/h4-8,13-14H,9-12H2,1-3H3,(H,19,22). The van der Waals surface area contributed by atoms with E-state index >= 15 is 0 Å². The Morgan fingerprint density at radius 1 is 1.24 bits per heavy atom. The van der Waals surface area contributed by atoms with E-state index in [1.165, 1.54) is 6.20 Å². The van der Waals surface area contributed by atoms with Crippen LogP contribution in [0, 0.1) is 5.92 Å². The molecule has 0 fully saturated rings. The van der Waals surface area contributed by atoms with Crippen molar-refractivity contribution in [2.24, 2.45) is 10.3 Å². The van der Waals surface area contributed by atoms with Gasteiger partial charge in [-0.1, -0.05) is 44.2 Å². The van der Waals surface area contributed by atoms with E-state index in [1.54, 1.807) is 6.92 Å². The quantitative estimate of drug-likeness (QED) is 0.807. The summed E-state index contributed by atoms with van der Waals surface area (Å²) in [4.78, 5) is 12.3. The van der Waals surface area contributed by atoms with E-state index in [0.717, 1.165) is 16.3 Å². The third-order valence-corrected chi connectivity index (χ3v) is 5.31. The van der Waals surface area contributed by atoms with Gasteiger partial charge >= 0.3 is 10.2 Å². The second kappa shape index (κ2) is 8.29. The SMILES string of the molecule is CC1=NS(=O)(=O)N(CCc2ccccc2)C=C1C(=O)NCCC(C)C. The summed E-state index contributed by atoms with van der Waals surface area (Å²) < 4.78 is 29.4. The van der Waals surface area contributed by atoms with Crippen molar-refractivity contribution in [2.75, 3.05) is 13.1 Å². The number of benzene rings is 1. The second-order valence-corrected chi connectivity index (χ2v) is 8.03. The fourth-order valence-electron chi connectivity index (χ4n) is 2.44. The minimum absolute atomic E-state index is 0.220. The Balaban J connectivity index is 2.09. The van der Waals surface area contributed by atoms with Crippen LogP contribution in [0.5, 0.6) is 0 Å². The van der Waals surface area contributed by atoms with Crippen LogP contribution in [0.1, 0.15) is 32.8 Å². The molecule has 0 bridgehead atoms. The summed E-state index contributed by atoms with van der Waals surface area (Å²) in [5.74, 6) is 0.194. The lowest BCUT2D eigenvalue weighted by Crippen LogP contribution is -2.36. The zero-order valence-corrected chi connectivity index (χ0v) is 15.7. The molecular weight excluding hydrogens is 338 g/mol. The number of nitrogens with zero attached hydrogens (tertiary/aromatic N) is 2. The lowest BCUT2D eigenvalue weighted by molar-refractivity contribution is -0.117. The Labute approximate surface area is 149 Å². The normalized spacial score (nSPS) is 16.4. The van der Waals surface area contributed by atoms with Crippen molar-refractivity contribution in [1.82, 2.24) is 9.62 Å². The van der Waals surface area contributed by atoms with Gasteiger partial charge in [-0.3, -0.25) is 9.10 Å². The molecule has 1 amide bonds. The number of rotatable bonds is 7. The topological polar surface area (TPSA) is 78.8 Å². The van der Waals surface area contributed by atoms with E-state index in [0.29, 0.717) is 24.5 Å². The van der Waals surface area contributed by atoms with E-state index in [9.17, 15) is 13.2 Å². The summed E-state index contributed by atoms with van der Waals surface area (Å²) in [5, 5.41) is 2.83.